The molecule has 4 heteroatoms. The third-order valence-electron chi connectivity index (χ3n) is 5.25. The van der Waals surface area contributed by atoms with Crippen molar-refractivity contribution >= 4 is 28.5 Å². The number of thioether (sulfide) groups is 1. The Bertz CT molecular complexity index is 982. The Balaban J connectivity index is 1.99. The highest BCUT2D eigenvalue weighted by Gasteiger charge is 2.48. The van der Waals surface area contributed by atoms with Crippen molar-refractivity contribution in [1.29, 1.82) is 5.41 Å². The lowest BCUT2D eigenvalue weighted by Gasteiger charge is -2.31. The van der Waals surface area contributed by atoms with Gasteiger partial charge in [-0.05, 0) is 42.4 Å². The molecule has 0 spiro atoms. The topological polar surface area (TPSA) is 39.5 Å². The van der Waals surface area contributed by atoms with E-state index in [0.717, 1.165) is 33.1 Å². The number of anilines is 1. The lowest BCUT2D eigenvalue weighted by Crippen LogP contribution is -2.41. The van der Waals surface area contributed by atoms with Crippen LogP contribution in [0.25, 0.3) is 0 Å². The van der Waals surface area contributed by atoms with Crippen LogP contribution < -0.4 is 4.90 Å². The maximum absolute atomic E-state index is 9.35. The SMILES string of the molecule is CSC1=NC(c2ccccc2)(c2ccccc2)C(=N)N1c1c(C)cccc1C. The lowest BCUT2D eigenvalue weighted by atomic mass is 9.82. The summed E-state index contributed by atoms with van der Waals surface area (Å²) in [6.07, 6.45) is 2.03. The molecule has 0 aromatic heterocycles. The quantitative estimate of drug-likeness (QED) is 0.622. The molecule has 28 heavy (non-hydrogen) atoms. The van der Waals surface area contributed by atoms with E-state index in [1.165, 1.54) is 0 Å². The fourth-order valence-electron chi connectivity index (χ4n) is 3.93. The minimum absolute atomic E-state index is 0.464. The third-order valence-corrected chi connectivity index (χ3v) is 5.89. The smallest absolute Gasteiger partial charge is 0.171 e. The molecule has 3 aromatic rings. The maximum Gasteiger partial charge on any atom is 0.171 e. The largest absolute Gasteiger partial charge is 0.285 e. The van der Waals surface area contributed by atoms with E-state index >= 15 is 0 Å². The molecule has 3 nitrogen and oxygen atoms in total. The number of para-hydroxylation sites is 1. The van der Waals surface area contributed by atoms with Gasteiger partial charge in [0, 0.05) is 0 Å². The summed E-state index contributed by atoms with van der Waals surface area (Å²) >= 11 is 1.58. The molecule has 0 fully saturated rings. The molecule has 0 bridgehead atoms. The predicted octanol–water partition coefficient (Wildman–Crippen LogP) is 5.76. The minimum Gasteiger partial charge on any atom is -0.285 e. The van der Waals surface area contributed by atoms with Crippen molar-refractivity contribution in [3.8, 4) is 0 Å². The number of nitrogens with one attached hydrogen (secondary N) is 1. The van der Waals surface area contributed by atoms with Gasteiger partial charge in [-0.15, -0.1) is 0 Å². The standard InChI is InChI=1S/C24H23N3S/c1-17-11-10-12-18(2)21(17)27-22(25)24(26-23(27)28-3,19-13-6-4-7-14-19)20-15-8-5-9-16-20/h4-16,25H,1-3H3. The Morgan fingerprint density at radius 2 is 1.29 bits per heavy atom. The zero-order valence-electron chi connectivity index (χ0n) is 16.3. The van der Waals surface area contributed by atoms with E-state index < -0.39 is 5.54 Å². The van der Waals surface area contributed by atoms with Crippen LogP contribution in [0.2, 0.25) is 0 Å². The molecule has 4 rings (SSSR count). The Morgan fingerprint density at radius 3 is 1.75 bits per heavy atom. The summed E-state index contributed by atoms with van der Waals surface area (Å²) in [5.74, 6) is 0.464. The zero-order valence-corrected chi connectivity index (χ0v) is 17.1. The highest BCUT2D eigenvalue weighted by molar-refractivity contribution is 8.13. The van der Waals surface area contributed by atoms with Gasteiger partial charge in [-0.1, -0.05) is 90.6 Å². The Hall–Kier alpha value is -2.85. The average Bonchev–Trinajstić information content (AvgIpc) is 3.03. The zero-order chi connectivity index (χ0) is 19.7. The van der Waals surface area contributed by atoms with E-state index in [-0.39, 0.29) is 0 Å². The number of hydrogen-bond donors (Lipinski definition) is 1. The van der Waals surface area contributed by atoms with E-state index in [1.54, 1.807) is 11.8 Å². The number of aryl methyl sites for hydroxylation is 2. The summed E-state index contributed by atoms with van der Waals surface area (Å²) in [5, 5.41) is 10.2. The van der Waals surface area contributed by atoms with Crippen LogP contribution in [0.4, 0.5) is 5.69 Å². The number of hydrogen-bond acceptors (Lipinski definition) is 3. The summed E-state index contributed by atoms with van der Waals surface area (Å²) in [4.78, 5) is 7.20. The monoisotopic (exact) mass is 385 g/mol. The normalized spacial score (nSPS) is 15.6. The Kier molecular flexibility index (Phi) is 4.82. The number of amidine groups is 2. The second-order valence-corrected chi connectivity index (χ2v) is 7.74. The molecule has 0 radical (unpaired) electrons. The van der Waals surface area contributed by atoms with Gasteiger partial charge in [-0.2, -0.15) is 0 Å². The van der Waals surface area contributed by atoms with Crippen LogP contribution in [0.5, 0.6) is 0 Å². The first-order valence-electron chi connectivity index (χ1n) is 9.30. The highest BCUT2D eigenvalue weighted by atomic mass is 32.2. The average molecular weight is 386 g/mol. The molecule has 1 N–H and O–H groups in total. The van der Waals surface area contributed by atoms with Crippen LogP contribution in [-0.4, -0.2) is 17.3 Å². The van der Waals surface area contributed by atoms with Crippen molar-refractivity contribution < 1.29 is 0 Å². The van der Waals surface area contributed by atoms with Gasteiger partial charge in [0.15, 0.2) is 10.7 Å². The fourth-order valence-corrected chi connectivity index (χ4v) is 4.53. The van der Waals surface area contributed by atoms with Gasteiger partial charge < -0.3 is 0 Å². The lowest BCUT2D eigenvalue weighted by molar-refractivity contribution is 0.740. The van der Waals surface area contributed by atoms with Crippen LogP contribution >= 0.6 is 11.8 Å². The molecular formula is C24H23N3S. The molecule has 0 saturated heterocycles. The number of nitrogens with zero attached hydrogens (tertiary/aromatic N) is 2. The molecule has 3 aromatic carbocycles. The van der Waals surface area contributed by atoms with Crippen molar-refractivity contribution in [3.63, 3.8) is 0 Å². The van der Waals surface area contributed by atoms with Crippen molar-refractivity contribution in [2.24, 2.45) is 4.99 Å². The van der Waals surface area contributed by atoms with Crippen molar-refractivity contribution in [1.82, 2.24) is 0 Å². The van der Waals surface area contributed by atoms with Crippen molar-refractivity contribution in [3.05, 3.63) is 101 Å². The van der Waals surface area contributed by atoms with E-state index in [2.05, 4.69) is 56.3 Å². The highest BCUT2D eigenvalue weighted by Crippen LogP contribution is 2.44. The first kappa shape index (κ1) is 18.5. The van der Waals surface area contributed by atoms with Gasteiger partial charge in [0.2, 0.25) is 0 Å². The second kappa shape index (κ2) is 7.28. The number of benzene rings is 3. The van der Waals surface area contributed by atoms with Crippen molar-refractivity contribution in [2.75, 3.05) is 11.2 Å². The van der Waals surface area contributed by atoms with Gasteiger partial charge in [-0.3, -0.25) is 10.3 Å². The van der Waals surface area contributed by atoms with Gasteiger partial charge in [0.05, 0.1) is 5.69 Å². The van der Waals surface area contributed by atoms with E-state index in [9.17, 15) is 5.41 Å². The molecule has 0 aliphatic carbocycles. The number of aliphatic imine (C=N–C) groups is 1. The molecule has 1 aliphatic heterocycles. The molecule has 140 valence electrons. The fraction of sp³-hybridized carbons (Fsp3) is 0.167. The minimum atomic E-state index is -0.852. The molecule has 0 amide bonds. The molecule has 1 aliphatic rings. The summed E-state index contributed by atoms with van der Waals surface area (Å²) in [7, 11) is 0. The van der Waals surface area contributed by atoms with Gasteiger partial charge in [0.1, 0.15) is 5.84 Å². The second-order valence-electron chi connectivity index (χ2n) is 6.97. The first-order valence-corrected chi connectivity index (χ1v) is 10.5. The van der Waals surface area contributed by atoms with E-state index in [0.29, 0.717) is 5.84 Å². The van der Waals surface area contributed by atoms with Gasteiger partial charge in [0.25, 0.3) is 0 Å². The van der Waals surface area contributed by atoms with Crippen LogP contribution in [0.1, 0.15) is 22.3 Å². The first-order chi connectivity index (χ1) is 13.6. The summed E-state index contributed by atoms with van der Waals surface area (Å²) in [6, 6.07) is 26.6. The van der Waals surface area contributed by atoms with Crippen LogP contribution in [0, 0.1) is 19.3 Å². The van der Waals surface area contributed by atoms with Gasteiger partial charge >= 0.3 is 0 Å². The predicted molar refractivity (Wildman–Crippen MR) is 121 cm³/mol. The molecule has 0 saturated carbocycles. The number of rotatable bonds is 3. The molecule has 0 unspecified atom stereocenters. The summed E-state index contributed by atoms with van der Waals surface area (Å²) < 4.78 is 0. The molecule has 0 atom stereocenters. The van der Waals surface area contributed by atoms with Crippen molar-refractivity contribution in [2.45, 2.75) is 19.4 Å². The maximum atomic E-state index is 9.35. The molecular weight excluding hydrogens is 362 g/mol. The third kappa shape index (κ3) is 2.76. The molecule has 1 heterocycles. The van der Waals surface area contributed by atoms with Gasteiger partial charge in [-0.25, -0.2) is 4.99 Å². The summed E-state index contributed by atoms with van der Waals surface area (Å²) in [5.41, 5.74) is 4.49. The summed E-state index contributed by atoms with van der Waals surface area (Å²) in [6.45, 7) is 4.19. The van der Waals surface area contributed by atoms with E-state index in [4.69, 9.17) is 4.99 Å². The van der Waals surface area contributed by atoms with Crippen LogP contribution in [-0.2, 0) is 5.54 Å². The Labute approximate surface area is 170 Å². The van der Waals surface area contributed by atoms with E-state index in [1.807, 2.05) is 47.6 Å². The van der Waals surface area contributed by atoms with Crippen LogP contribution in [0.15, 0.2) is 83.9 Å². The Morgan fingerprint density at radius 1 is 0.786 bits per heavy atom. The van der Waals surface area contributed by atoms with Crippen LogP contribution in [0.3, 0.4) is 0 Å².